The van der Waals surface area contributed by atoms with Gasteiger partial charge in [0.1, 0.15) is 22.6 Å². The molecule has 0 aliphatic heterocycles. The van der Waals surface area contributed by atoms with Crippen LogP contribution in [0.5, 0.6) is 0 Å². The molecule has 1 N–H and O–H groups in total. The largest absolute Gasteiger partial charge is 0.460 e. The Morgan fingerprint density at radius 3 is 2.63 bits per heavy atom. The number of carbonyl (C=O) groups excluding carboxylic acids is 1. The third-order valence-electron chi connectivity index (χ3n) is 6.59. The number of aromatic nitrogens is 2. The number of fused-ring (bicyclic) bond motifs is 3. The molecule has 164 valence electrons. The Hall–Kier alpha value is -1.69. The first-order valence-electron chi connectivity index (χ1n) is 11.6. The summed E-state index contributed by atoms with van der Waals surface area (Å²) >= 11 is 1.86. The average Bonchev–Trinajstić information content (AvgIpc) is 3.06. The number of nitrogens with one attached hydrogen (secondary N) is 1. The molecule has 2 aromatic rings. The van der Waals surface area contributed by atoms with Gasteiger partial charge in [-0.05, 0) is 83.1 Å². The minimum Gasteiger partial charge on any atom is -0.460 e. The highest BCUT2D eigenvalue weighted by Crippen LogP contribution is 2.41. The Kier molecular flexibility index (Phi) is 6.33. The van der Waals surface area contributed by atoms with Gasteiger partial charge in [-0.3, -0.25) is 4.79 Å². The van der Waals surface area contributed by atoms with Crippen molar-refractivity contribution in [2.24, 2.45) is 11.8 Å². The fourth-order valence-electron chi connectivity index (χ4n) is 4.96. The maximum absolute atomic E-state index is 12.1. The van der Waals surface area contributed by atoms with E-state index in [1.165, 1.54) is 35.1 Å². The first kappa shape index (κ1) is 21.5. The Balaban J connectivity index is 1.39. The SMILES string of the molecule is CCC1CCc2c(sc3ncnc(NC4CCC(CC(=O)OC(C)(C)C)CC4)c23)C1. The molecule has 2 aliphatic carbocycles. The van der Waals surface area contributed by atoms with Crippen molar-refractivity contribution < 1.29 is 9.53 Å². The molecule has 1 unspecified atom stereocenters. The molecular formula is C24H35N3O2S. The van der Waals surface area contributed by atoms with E-state index < -0.39 is 5.60 Å². The lowest BCUT2D eigenvalue weighted by Crippen LogP contribution is -2.29. The lowest BCUT2D eigenvalue weighted by molar-refractivity contribution is -0.156. The van der Waals surface area contributed by atoms with E-state index in [9.17, 15) is 4.79 Å². The van der Waals surface area contributed by atoms with E-state index in [0.717, 1.165) is 48.7 Å². The zero-order valence-electron chi connectivity index (χ0n) is 18.8. The fraction of sp³-hybridized carbons (Fsp3) is 0.708. The summed E-state index contributed by atoms with van der Waals surface area (Å²) in [5, 5.41) is 5.00. The molecule has 1 fully saturated rings. The molecule has 0 spiro atoms. The van der Waals surface area contributed by atoms with E-state index >= 15 is 0 Å². The minimum atomic E-state index is -0.398. The normalized spacial score (nSPS) is 24.5. The summed E-state index contributed by atoms with van der Waals surface area (Å²) in [5.74, 6) is 2.20. The second-order valence-electron chi connectivity index (χ2n) is 10.1. The number of hydrogen-bond acceptors (Lipinski definition) is 6. The van der Waals surface area contributed by atoms with Crippen molar-refractivity contribution in [1.29, 1.82) is 0 Å². The van der Waals surface area contributed by atoms with Crippen LogP contribution in [-0.2, 0) is 22.4 Å². The fourth-order valence-corrected chi connectivity index (χ4v) is 6.26. The van der Waals surface area contributed by atoms with Crippen molar-refractivity contribution in [1.82, 2.24) is 9.97 Å². The van der Waals surface area contributed by atoms with Gasteiger partial charge in [0.15, 0.2) is 0 Å². The van der Waals surface area contributed by atoms with E-state index in [0.29, 0.717) is 18.4 Å². The molecule has 0 radical (unpaired) electrons. The standard InChI is InChI=1S/C24H35N3O2S/c1-5-15-8-11-18-19(12-15)30-23-21(18)22(25-14-26-23)27-17-9-6-16(7-10-17)13-20(28)29-24(2,3)4/h14-17H,5-13H2,1-4H3,(H,25,26,27). The molecule has 1 saturated carbocycles. The van der Waals surface area contributed by atoms with Crippen molar-refractivity contribution in [2.45, 2.75) is 97.1 Å². The summed E-state index contributed by atoms with van der Waals surface area (Å²) in [4.78, 5) is 24.0. The molecule has 0 bridgehead atoms. The number of aryl methyl sites for hydroxylation is 1. The summed E-state index contributed by atoms with van der Waals surface area (Å²) in [6, 6.07) is 0.417. The molecule has 2 aliphatic rings. The summed E-state index contributed by atoms with van der Waals surface area (Å²) < 4.78 is 5.50. The predicted molar refractivity (Wildman–Crippen MR) is 123 cm³/mol. The van der Waals surface area contributed by atoms with Crippen LogP contribution in [0.1, 0.15) is 83.1 Å². The Morgan fingerprint density at radius 2 is 1.93 bits per heavy atom. The lowest BCUT2D eigenvalue weighted by atomic mass is 9.84. The van der Waals surface area contributed by atoms with Gasteiger partial charge in [-0.25, -0.2) is 9.97 Å². The molecule has 30 heavy (non-hydrogen) atoms. The van der Waals surface area contributed by atoms with Crippen LogP contribution in [0.25, 0.3) is 10.2 Å². The number of nitrogens with zero attached hydrogens (tertiary/aromatic N) is 2. The van der Waals surface area contributed by atoms with E-state index in [4.69, 9.17) is 4.74 Å². The number of esters is 1. The lowest BCUT2D eigenvalue weighted by Gasteiger charge is -2.30. The van der Waals surface area contributed by atoms with E-state index in [1.807, 2.05) is 32.1 Å². The molecular weight excluding hydrogens is 394 g/mol. The van der Waals surface area contributed by atoms with Crippen molar-refractivity contribution in [3.05, 3.63) is 16.8 Å². The van der Waals surface area contributed by atoms with Crippen molar-refractivity contribution in [2.75, 3.05) is 5.32 Å². The molecule has 1 atom stereocenters. The number of hydrogen-bond donors (Lipinski definition) is 1. The number of anilines is 1. The highest BCUT2D eigenvalue weighted by molar-refractivity contribution is 7.19. The third kappa shape index (κ3) is 4.96. The van der Waals surface area contributed by atoms with Crippen LogP contribution in [0.15, 0.2) is 6.33 Å². The average molecular weight is 430 g/mol. The summed E-state index contributed by atoms with van der Waals surface area (Å²) in [6.45, 7) is 8.09. The molecule has 5 nitrogen and oxygen atoms in total. The van der Waals surface area contributed by atoms with Gasteiger partial charge >= 0.3 is 5.97 Å². The Bertz CT molecular complexity index is 894. The first-order valence-corrected chi connectivity index (χ1v) is 12.4. The van der Waals surface area contributed by atoms with Crippen molar-refractivity contribution in [3.63, 3.8) is 0 Å². The van der Waals surface area contributed by atoms with Crippen LogP contribution >= 0.6 is 11.3 Å². The van der Waals surface area contributed by atoms with Gasteiger partial charge in [0, 0.05) is 17.3 Å². The van der Waals surface area contributed by atoms with Gasteiger partial charge in [-0.15, -0.1) is 11.3 Å². The van der Waals surface area contributed by atoms with E-state index in [2.05, 4.69) is 22.2 Å². The molecule has 0 aromatic carbocycles. The maximum atomic E-state index is 12.1. The van der Waals surface area contributed by atoms with Crippen LogP contribution in [0.2, 0.25) is 0 Å². The highest BCUT2D eigenvalue weighted by Gasteiger charge is 2.28. The third-order valence-corrected chi connectivity index (χ3v) is 7.75. The summed E-state index contributed by atoms with van der Waals surface area (Å²) in [7, 11) is 0. The highest BCUT2D eigenvalue weighted by atomic mass is 32.1. The van der Waals surface area contributed by atoms with Gasteiger partial charge in [0.2, 0.25) is 0 Å². The van der Waals surface area contributed by atoms with Crippen LogP contribution in [0, 0.1) is 11.8 Å². The number of carbonyl (C=O) groups is 1. The van der Waals surface area contributed by atoms with Crippen molar-refractivity contribution >= 4 is 33.3 Å². The van der Waals surface area contributed by atoms with E-state index in [-0.39, 0.29) is 5.97 Å². The van der Waals surface area contributed by atoms with Gasteiger partial charge < -0.3 is 10.1 Å². The second-order valence-corrected chi connectivity index (χ2v) is 11.2. The monoisotopic (exact) mass is 429 g/mol. The number of rotatable bonds is 5. The van der Waals surface area contributed by atoms with Gasteiger partial charge in [0.05, 0.1) is 5.39 Å². The van der Waals surface area contributed by atoms with Gasteiger partial charge in [0.25, 0.3) is 0 Å². The first-order chi connectivity index (χ1) is 14.3. The van der Waals surface area contributed by atoms with Gasteiger partial charge in [-0.2, -0.15) is 0 Å². The molecule has 4 rings (SSSR count). The predicted octanol–water partition coefficient (Wildman–Crippen LogP) is 5.91. The zero-order chi connectivity index (χ0) is 21.3. The van der Waals surface area contributed by atoms with Gasteiger partial charge in [-0.1, -0.05) is 13.3 Å². The van der Waals surface area contributed by atoms with Crippen molar-refractivity contribution in [3.8, 4) is 0 Å². The van der Waals surface area contributed by atoms with Crippen LogP contribution in [0.3, 0.4) is 0 Å². The topological polar surface area (TPSA) is 64.1 Å². The molecule has 6 heteroatoms. The smallest absolute Gasteiger partial charge is 0.306 e. The zero-order valence-corrected chi connectivity index (χ0v) is 19.6. The minimum absolute atomic E-state index is 0.0632. The summed E-state index contributed by atoms with van der Waals surface area (Å²) in [6.07, 6.45) is 11.4. The maximum Gasteiger partial charge on any atom is 0.306 e. The molecule has 2 aromatic heterocycles. The van der Waals surface area contributed by atoms with E-state index in [1.54, 1.807) is 6.33 Å². The number of ether oxygens (including phenoxy) is 1. The summed E-state index contributed by atoms with van der Waals surface area (Å²) in [5.41, 5.74) is 1.09. The molecule has 2 heterocycles. The molecule has 0 saturated heterocycles. The molecule has 0 amide bonds. The van der Waals surface area contributed by atoms with Crippen LogP contribution in [0.4, 0.5) is 5.82 Å². The Labute approximate surface area is 184 Å². The quantitative estimate of drug-likeness (QED) is 0.599. The number of thiophene rings is 1. The van der Waals surface area contributed by atoms with Crippen LogP contribution in [-0.4, -0.2) is 27.6 Å². The van der Waals surface area contributed by atoms with Crippen LogP contribution < -0.4 is 5.32 Å². The second kappa shape index (κ2) is 8.81. The Morgan fingerprint density at radius 1 is 1.17 bits per heavy atom.